The normalized spacial score (nSPS) is 13.7. The number of rotatable bonds is 5. The molecule has 180 valence electrons. The van der Waals surface area contributed by atoms with Gasteiger partial charge in [-0.05, 0) is 67.1 Å². The molecular weight excluding hydrogens is 485 g/mol. The molecule has 11 heteroatoms. The van der Waals surface area contributed by atoms with Gasteiger partial charge in [0, 0.05) is 23.1 Å². The molecule has 0 unspecified atom stereocenters. The van der Waals surface area contributed by atoms with E-state index in [0.29, 0.717) is 38.9 Å². The van der Waals surface area contributed by atoms with Crippen molar-refractivity contribution in [1.82, 2.24) is 4.68 Å². The number of thiazole rings is 1. The smallest absolute Gasteiger partial charge is 0.269 e. The molecule has 3 aromatic carbocycles. The molecule has 1 aliphatic heterocycles. The standard InChI is InChI=1S/C25H18FN5O4S/c1-15(16-2-9-20(10-3-16)31(33)34)29-30-22(14-36-25(30)27-19-7-5-18(26)6-8-19)17-4-11-23-21(12-17)28-24(32)13-35-23/h2-12,14H,13H2,1H3,(H,28,32). The van der Waals surface area contributed by atoms with Gasteiger partial charge in [-0.25, -0.2) is 14.1 Å². The molecule has 0 aliphatic carbocycles. The first-order chi connectivity index (χ1) is 17.4. The Morgan fingerprint density at radius 2 is 1.89 bits per heavy atom. The molecule has 9 nitrogen and oxygen atoms in total. The number of carbonyl (C=O) groups excluding carboxylic acids is 1. The number of benzene rings is 3. The molecule has 2 heterocycles. The van der Waals surface area contributed by atoms with E-state index in [1.165, 1.54) is 35.6 Å². The topological polar surface area (TPSA) is 111 Å². The van der Waals surface area contributed by atoms with Crippen LogP contribution in [0.5, 0.6) is 5.75 Å². The van der Waals surface area contributed by atoms with Gasteiger partial charge in [-0.1, -0.05) is 0 Å². The summed E-state index contributed by atoms with van der Waals surface area (Å²) in [6, 6.07) is 17.3. The largest absolute Gasteiger partial charge is 0.482 e. The summed E-state index contributed by atoms with van der Waals surface area (Å²) in [4.78, 5) is 27.5. The van der Waals surface area contributed by atoms with Gasteiger partial charge in [-0.3, -0.25) is 14.9 Å². The fourth-order valence-electron chi connectivity index (χ4n) is 3.57. The number of anilines is 1. The van der Waals surface area contributed by atoms with Gasteiger partial charge in [-0.15, -0.1) is 11.3 Å². The van der Waals surface area contributed by atoms with Crippen molar-refractivity contribution in [3.05, 3.63) is 98.4 Å². The molecule has 0 fully saturated rings. The Labute approximate surface area is 208 Å². The van der Waals surface area contributed by atoms with Gasteiger partial charge in [-0.2, -0.15) is 5.10 Å². The Bertz CT molecular complexity index is 1570. The van der Waals surface area contributed by atoms with E-state index < -0.39 is 4.92 Å². The average molecular weight is 504 g/mol. The van der Waals surface area contributed by atoms with Crippen molar-refractivity contribution < 1.29 is 18.8 Å². The molecule has 1 amide bonds. The Morgan fingerprint density at radius 3 is 2.61 bits per heavy atom. The predicted molar refractivity (Wildman–Crippen MR) is 134 cm³/mol. The molecule has 0 radical (unpaired) electrons. The summed E-state index contributed by atoms with van der Waals surface area (Å²) in [5, 5.41) is 20.5. The van der Waals surface area contributed by atoms with Crippen LogP contribution in [0.1, 0.15) is 12.5 Å². The van der Waals surface area contributed by atoms with Gasteiger partial charge in [0.2, 0.25) is 4.80 Å². The Balaban J connectivity index is 1.63. The minimum absolute atomic E-state index is 0.0132. The van der Waals surface area contributed by atoms with Crippen LogP contribution in [-0.2, 0) is 4.79 Å². The predicted octanol–water partition coefficient (Wildman–Crippen LogP) is 5.10. The van der Waals surface area contributed by atoms with Crippen molar-refractivity contribution in [1.29, 1.82) is 0 Å². The molecule has 1 aliphatic rings. The molecule has 0 atom stereocenters. The molecule has 1 N–H and O–H groups in total. The number of nitrogens with zero attached hydrogens (tertiary/aromatic N) is 4. The molecule has 0 spiro atoms. The van der Waals surface area contributed by atoms with Gasteiger partial charge in [0.1, 0.15) is 11.6 Å². The summed E-state index contributed by atoms with van der Waals surface area (Å²) in [6.07, 6.45) is 0. The molecule has 36 heavy (non-hydrogen) atoms. The van der Waals surface area contributed by atoms with E-state index in [2.05, 4.69) is 10.3 Å². The van der Waals surface area contributed by atoms with E-state index in [1.54, 1.807) is 48.0 Å². The quantitative estimate of drug-likeness (QED) is 0.232. The van der Waals surface area contributed by atoms with E-state index in [0.717, 1.165) is 5.56 Å². The molecule has 5 rings (SSSR count). The summed E-state index contributed by atoms with van der Waals surface area (Å²) >= 11 is 1.34. The molecule has 0 saturated carbocycles. The van der Waals surface area contributed by atoms with Crippen molar-refractivity contribution in [3.8, 4) is 17.0 Å². The number of hydrogen-bond acceptors (Lipinski definition) is 7. The fourth-order valence-corrected chi connectivity index (χ4v) is 4.42. The van der Waals surface area contributed by atoms with Gasteiger partial charge >= 0.3 is 0 Å². The number of ether oxygens (including phenoxy) is 1. The average Bonchev–Trinajstić information content (AvgIpc) is 3.26. The Hall–Kier alpha value is -4.64. The molecule has 0 bridgehead atoms. The van der Waals surface area contributed by atoms with Crippen LogP contribution in [0.15, 0.2) is 82.2 Å². The van der Waals surface area contributed by atoms with E-state index in [4.69, 9.17) is 9.84 Å². The van der Waals surface area contributed by atoms with Crippen molar-refractivity contribution in [2.24, 2.45) is 10.1 Å². The number of non-ortho nitro benzene ring substituents is 1. The third-order valence-corrected chi connectivity index (χ3v) is 6.21. The zero-order valence-electron chi connectivity index (χ0n) is 18.8. The maximum absolute atomic E-state index is 13.4. The second kappa shape index (κ2) is 9.55. The van der Waals surface area contributed by atoms with Crippen LogP contribution < -0.4 is 14.9 Å². The highest BCUT2D eigenvalue weighted by atomic mass is 32.1. The highest BCUT2D eigenvalue weighted by Crippen LogP contribution is 2.33. The van der Waals surface area contributed by atoms with Crippen LogP contribution in [-0.4, -0.2) is 27.8 Å². The molecule has 1 aromatic heterocycles. The summed E-state index contributed by atoms with van der Waals surface area (Å²) in [5.41, 5.74) is 3.84. The van der Waals surface area contributed by atoms with E-state index in [-0.39, 0.29) is 24.0 Å². The lowest BCUT2D eigenvalue weighted by Crippen LogP contribution is -2.25. The highest BCUT2D eigenvalue weighted by Gasteiger charge is 2.18. The maximum Gasteiger partial charge on any atom is 0.269 e. The number of nitrogens with one attached hydrogen (secondary N) is 1. The zero-order valence-corrected chi connectivity index (χ0v) is 19.7. The van der Waals surface area contributed by atoms with E-state index in [1.807, 2.05) is 11.4 Å². The first-order valence-corrected chi connectivity index (χ1v) is 11.6. The number of fused-ring (bicyclic) bond motifs is 1. The SMILES string of the molecule is CC(=Nn1c(-c2ccc3c(c2)NC(=O)CO3)csc1=Nc1ccc(F)cc1)c1ccc([N+](=O)[O-])cc1. The van der Waals surface area contributed by atoms with Crippen LogP contribution in [0.3, 0.4) is 0 Å². The first kappa shape index (κ1) is 23.1. The van der Waals surface area contributed by atoms with Gasteiger partial charge in [0.05, 0.1) is 27.7 Å². The highest BCUT2D eigenvalue weighted by molar-refractivity contribution is 7.07. The van der Waals surface area contributed by atoms with Gasteiger partial charge in [0.25, 0.3) is 11.6 Å². The number of halogens is 1. The van der Waals surface area contributed by atoms with Crippen molar-refractivity contribution >= 4 is 40.0 Å². The third kappa shape index (κ3) is 4.77. The lowest BCUT2D eigenvalue weighted by molar-refractivity contribution is -0.384. The number of aromatic nitrogens is 1. The Kier molecular flexibility index (Phi) is 6.13. The summed E-state index contributed by atoms with van der Waals surface area (Å²) in [5.74, 6) is -0.0298. The molecule has 0 saturated heterocycles. The van der Waals surface area contributed by atoms with Gasteiger partial charge in [0.15, 0.2) is 6.61 Å². The van der Waals surface area contributed by atoms with Crippen LogP contribution in [0, 0.1) is 15.9 Å². The first-order valence-electron chi connectivity index (χ1n) is 10.8. The summed E-state index contributed by atoms with van der Waals surface area (Å²) < 4.78 is 20.5. The second-order valence-corrected chi connectivity index (χ2v) is 8.68. The van der Waals surface area contributed by atoms with Crippen LogP contribution >= 0.6 is 11.3 Å². The van der Waals surface area contributed by atoms with Crippen LogP contribution in [0.2, 0.25) is 0 Å². The van der Waals surface area contributed by atoms with Gasteiger partial charge < -0.3 is 10.1 Å². The summed E-state index contributed by atoms with van der Waals surface area (Å²) in [6.45, 7) is 1.75. The zero-order chi connectivity index (χ0) is 25.2. The molecule has 4 aromatic rings. The summed E-state index contributed by atoms with van der Waals surface area (Å²) in [7, 11) is 0. The lowest BCUT2D eigenvalue weighted by Gasteiger charge is -2.18. The maximum atomic E-state index is 13.4. The fraction of sp³-hybridized carbons (Fsp3) is 0.0800. The lowest BCUT2D eigenvalue weighted by atomic mass is 10.1. The number of amides is 1. The number of hydrogen-bond donors (Lipinski definition) is 1. The van der Waals surface area contributed by atoms with Crippen molar-refractivity contribution in [3.63, 3.8) is 0 Å². The second-order valence-electron chi connectivity index (χ2n) is 7.84. The van der Waals surface area contributed by atoms with Crippen molar-refractivity contribution in [2.75, 3.05) is 11.9 Å². The molecular formula is C25H18FN5O4S. The number of nitro benzene ring substituents is 1. The van der Waals surface area contributed by atoms with E-state index in [9.17, 15) is 19.3 Å². The third-order valence-electron chi connectivity index (χ3n) is 5.39. The number of nitro groups is 1. The van der Waals surface area contributed by atoms with Crippen molar-refractivity contribution in [2.45, 2.75) is 6.92 Å². The number of carbonyl (C=O) groups is 1. The minimum atomic E-state index is -0.458. The minimum Gasteiger partial charge on any atom is -0.482 e. The van der Waals surface area contributed by atoms with Crippen LogP contribution in [0.25, 0.3) is 11.3 Å². The van der Waals surface area contributed by atoms with E-state index >= 15 is 0 Å². The van der Waals surface area contributed by atoms with Crippen LogP contribution in [0.4, 0.5) is 21.5 Å². The monoisotopic (exact) mass is 503 g/mol. The Morgan fingerprint density at radius 1 is 1.14 bits per heavy atom.